The van der Waals surface area contributed by atoms with Gasteiger partial charge in [0.25, 0.3) is 0 Å². The maximum absolute atomic E-state index is 13.5. The molecular formula is C31H31IN4O3. The summed E-state index contributed by atoms with van der Waals surface area (Å²) in [5, 5.41) is 5.96. The van der Waals surface area contributed by atoms with Gasteiger partial charge in [-0.05, 0) is 108 Å². The molecule has 7 nitrogen and oxygen atoms in total. The molecule has 0 saturated carbocycles. The van der Waals surface area contributed by atoms with Gasteiger partial charge < -0.3 is 15.5 Å². The van der Waals surface area contributed by atoms with Crippen molar-refractivity contribution in [3.8, 4) is 0 Å². The average Bonchev–Trinajstić information content (AvgIpc) is 3.38. The van der Waals surface area contributed by atoms with Gasteiger partial charge >= 0.3 is 0 Å². The number of fused-ring (bicyclic) bond motifs is 3. The molecule has 2 aliphatic heterocycles. The van der Waals surface area contributed by atoms with Gasteiger partial charge in [-0.3, -0.25) is 14.4 Å². The van der Waals surface area contributed by atoms with Crippen LogP contribution in [0.15, 0.2) is 54.7 Å². The van der Waals surface area contributed by atoms with Crippen LogP contribution < -0.4 is 10.6 Å². The van der Waals surface area contributed by atoms with E-state index in [-0.39, 0.29) is 30.3 Å². The number of likely N-dealkylation sites (tertiary alicyclic amines) is 1. The first-order valence-corrected chi connectivity index (χ1v) is 14.4. The number of nitrogens with one attached hydrogen (secondary N) is 2. The molecule has 2 N–H and O–H groups in total. The maximum Gasteiger partial charge on any atom is 0.244 e. The molecule has 2 atom stereocenters. The summed E-state index contributed by atoms with van der Waals surface area (Å²) in [5.74, 6) is 0.381. The summed E-state index contributed by atoms with van der Waals surface area (Å²) in [7, 11) is 0. The number of halogens is 1. The molecule has 6 rings (SSSR count). The predicted molar refractivity (Wildman–Crippen MR) is 158 cm³/mol. The third-order valence-electron chi connectivity index (χ3n) is 8.49. The Kier molecular flexibility index (Phi) is 6.28. The molecule has 1 saturated heterocycles. The molecular weight excluding hydrogens is 603 g/mol. The second-order valence-electron chi connectivity index (χ2n) is 11.8. The molecule has 3 amide bonds. The highest BCUT2D eigenvalue weighted by Crippen LogP contribution is 2.47. The first-order chi connectivity index (χ1) is 18.6. The number of rotatable bonds is 4. The van der Waals surface area contributed by atoms with Crippen molar-refractivity contribution >= 4 is 51.8 Å². The fourth-order valence-corrected chi connectivity index (χ4v) is 7.33. The van der Waals surface area contributed by atoms with Crippen molar-refractivity contribution in [1.82, 2.24) is 9.88 Å². The van der Waals surface area contributed by atoms with E-state index in [0.29, 0.717) is 24.3 Å². The smallest absolute Gasteiger partial charge is 0.244 e. The summed E-state index contributed by atoms with van der Waals surface area (Å²) >= 11 is 2.30. The van der Waals surface area contributed by atoms with E-state index in [4.69, 9.17) is 0 Å². The molecule has 200 valence electrons. The molecule has 1 aliphatic carbocycles. The lowest BCUT2D eigenvalue weighted by Gasteiger charge is -2.43. The van der Waals surface area contributed by atoms with Crippen molar-refractivity contribution in [3.63, 3.8) is 0 Å². The van der Waals surface area contributed by atoms with Crippen LogP contribution in [0.4, 0.5) is 11.5 Å². The van der Waals surface area contributed by atoms with Crippen molar-refractivity contribution in [3.05, 3.63) is 86.1 Å². The maximum atomic E-state index is 13.5. The summed E-state index contributed by atoms with van der Waals surface area (Å²) in [4.78, 5) is 46.0. The Morgan fingerprint density at radius 1 is 1.13 bits per heavy atom. The van der Waals surface area contributed by atoms with Crippen LogP contribution in [0, 0.1) is 15.9 Å². The van der Waals surface area contributed by atoms with Crippen LogP contribution in [-0.2, 0) is 32.6 Å². The van der Waals surface area contributed by atoms with Gasteiger partial charge in [-0.15, -0.1) is 0 Å². The molecule has 0 bridgehead atoms. The summed E-state index contributed by atoms with van der Waals surface area (Å²) in [6, 6.07) is 15.9. The molecule has 0 radical (unpaired) electrons. The third kappa shape index (κ3) is 4.52. The minimum absolute atomic E-state index is 0.000769. The number of aryl methyl sites for hydroxylation is 1. The topological polar surface area (TPSA) is 91.4 Å². The number of anilines is 2. The summed E-state index contributed by atoms with van der Waals surface area (Å²) in [5.41, 5.74) is 4.80. The number of hydrogen-bond donors (Lipinski definition) is 2. The number of hydrogen-bond acceptors (Lipinski definition) is 4. The van der Waals surface area contributed by atoms with Crippen LogP contribution >= 0.6 is 22.6 Å². The van der Waals surface area contributed by atoms with Gasteiger partial charge in [0.1, 0.15) is 12.4 Å². The molecule has 3 aromatic rings. The number of benzene rings is 2. The van der Waals surface area contributed by atoms with Crippen LogP contribution in [0.25, 0.3) is 0 Å². The van der Waals surface area contributed by atoms with Gasteiger partial charge in [0.2, 0.25) is 17.7 Å². The number of aromatic nitrogens is 1. The molecule has 3 heterocycles. The Labute approximate surface area is 241 Å². The van der Waals surface area contributed by atoms with Gasteiger partial charge in [-0.2, -0.15) is 0 Å². The van der Waals surface area contributed by atoms with Crippen LogP contribution in [0.5, 0.6) is 0 Å². The van der Waals surface area contributed by atoms with Crippen LogP contribution in [0.1, 0.15) is 60.5 Å². The van der Waals surface area contributed by atoms with Gasteiger partial charge in [-0.25, -0.2) is 4.98 Å². The zero-order valence-electron chi connectivity index (χ0n) is 22.3. The van der Waals surface area contributed by atoms with E-state index < -0.39 is 10.8 Å². The molecule has 2 aromatic carbocycles. The summed E-state index contributed by atoms with van der Waals surface area (Å²) in [6.45, 7) is 5.96. The monoisotopic (exact) mass is 634 g/mol. The van der Waals surface area contributed by atoms with Crippen LogP contribution in [0.3, 0.4) is 0 Å². The lowest BCUT2D eigenvalue weighted by atomic mass is 9.78. The van der Waals surface area contributed by atoms with Gasteiger partial charge in [0, 0.05) is 26.4 Å². The Hall–Kier alpha value is -3.27. The first kappa shape index (κ1) is 26.0. The Balaban J connectivity index is 1.22. The third-order valence-corrected chi connectivity index (χ3v) is 9.11. The molecule has 8 heteroatoms. The molecule has 1 spiro atoms. The standard InChI is InChI=1S/C31H31IN4O3/c1-18-11-20(13-22(32)12-18)25-8-9-30(2,3)29(39)36(25)17-26(37)34-23-7-6-19-15-31(16-21(19)14-23)24-5-4-10-33-27(24)35-28(31)38/h4-7,10-14,25H,8-9,15-17H2,1-3H3,(H,34,37)(H,33,35,38). The van der Waals surface area contributed by atoms with Gasteiger partial charge in [0.15, 0.2) is 0 Å². The SMILES string of the molecule is Cc1cc(I)cc(C2CCC(C)(C)C(=O)N2CC(=O)Nc2ccc3c(c2)CC2(C3)C(=O)Nc3ncccc32)c1. The second kappa shape index (κ2) is 9.43. The number of amides is 3. The number of carbonyl (C=O) groups excluding carboxylic acids is 3. The van der Waals surface area contributed by atoms with Gasteiger partial charge in [0.05, 0.1) is 11.5 Å². The highest BCUT2D eigenvalue weighted by Gasteiger charge is 2.51. The minimum Gasteiger partial charge on any atom is -0.326 e. The molecule has 1 fully saturated rings. The van der Waals surface area contributed by atoms with Crippen molar-refractivity contribution in [2.24, 2.45) is 5.41 Å². The van der Waals surface area contributed by atoms with E-state index in [1.165, 1.54) is 0 Å². The van der Waals surface area contributed by atoms with E-state index >= 15 is 0 Å². The van der Waals surface area contributed by atoms with Gasteiger partial charge in [-0.1, -0.05) is 32.0 Å². The quantitative estimate of drug-likeness (QED) is 0.381. The van der Waals surface area contributed by atoms with Crippen LogP contribution in [0.2, 0.25) is 0 Å². The zero-order chi connectivity index (χ0) is 27.5. The van der Waals surface area contributed by atoms with Crippen molar-refractivity contribution in [2.75, 3.05) is 17.2 Å². The highest BCUT2D eigenvalue weighted by atomic mass is 127. The zero-order valence-corrected chi connectivity index (χ0v) is 24.5. The Bertz CT molecular complexity index is 1510. The van der Waals surface area contributed by atoms with Crippen molar-refractivity contribution in [2.45, 2.75) is 57.9 Å². The fraction of sp³-hybridized carbons (Fsp3) is 0.355. The number of nitrogens with zero attached hydrogens (tertiary/aromatic N) is 2. The van der Waals surface area contributed by atoms with Crippen molar-refractivity contribution < 1.29 is 14.4 Å². The molecule has 39 heavy (non-hydrogen) atoms. The number of piperidine rings is 1. The largest absolute Gasteiger partial charge is 0.326 e. The number of pyridine rings is 1. The lowest BCUT2D eigenvalue weighted by molar-refractivity contribution is -0.150. The van der Waals surface area contributed by atoms with E-state index in [9.17, 15) is 14.4 Å². The van der Waals surface area contributed by atoms with Crippen LogP contribution in [-0.4, -0.2) is 34.2 Å². The highest BCUT2D eigenvalue weighted by molar-refractivity contribution is 14.1. The molecule has 1 aromatic heterocycles. The molecule has 2 unspecified atom stereocenters. The second-order valence-corrected chi connectivity index (χ2v) is 13.0. The first-order valence-electron chi connectivity index (χ1n) is 13.3. The Morgan fingerprint density at radius 2 is 1.92 bits per heavy atom. The fourth-order valence-electron chi connectivity index (χ4n) is 6.48. The summed E-state index contributed by atoms with van der Waals surface area (Å²) < 4.78 is 1.12. The minimum atomic E-state index is -0.654. The number of carbonyl (C=O) groups is 3. The Morgan fingerprint density at radius 3 is 2.72 bits per heavy atom. The normalized spacial score (nSPS) is 23.0. The van der Waals surface area contributed by atoms with Crippen molar-refractivity contribution in [1.29, 1.82) is 0 Å². The van der Waals surface area contributed by atoms with E-state index in [1.807, 2.05) is 44.2 Å². The summed E-state index contributed by atoms with van der Waals surface area (Å²) in [6.07, 6.45) is 4.44. The molecule has 3 aliphatic rings. The van der Waals surface area contributed by atoms with E-state index in [2.05, 4.69) is 63.3 Å². The van der Waals surface area contributed by atoms with E-state index in [1.54, 1.807) is 11.1 Å². The van der Waals surface area contributed by atoms with E-state index in [0.717, 1.165) is 44.2 Å². The predicted octanol–water partition coefficient (Wildman–Crippen LogP) is 5.31. The average molecular weight is 635 g/mol. The lowest BCUT2D eigenvalue weighted by Crippen LogP contribution is -2.50.